The van der Waals surface area contributed by atoms with Gasteiger partial charge in [-0.05, 0) is 31.5 Å². The number of benzene rings is 1. The van der Waals surface area contributed by atoms with Crippen molar-refractivity contribution in [1.82, 2.24) is 0 Å². The second-order valence-corrected chi connectivity index (χ2v) is 3.62. The molecule has 0 aliphatic heterocycles. The first-order valence-corrected chi connectivity index (χ1v) is 5.00. The Morgan fingerprint density at radius 2 is 2.20 bits per heavy atom. The predicted molar refractivity (Wildman–Crippen MR) is 62.7 cm³/mol. The number of amides is 1. The maximum Gasteiger partial charge on any atom is 0.248 e. The average Bonchev–Trinajstić information content (AvgIpc) is 2.20. The minimum atomic E-state index is -0.461. The van der Waals surface area contributed by atoms with Gasteiger partial charge in [0.1, 0.15) is 0 Å². The Kier molecular flexibility index (Phi) is 3.55. The van der Waals surface area contributed by atoms with Crippen LogP contribution in [0.15, 0.2) is 18.2 Å². The summed E-state index contributed by atoms with van der Waals surface area (Å²) in [5.74, 6) is -0.461. The van der Waals surface area contributed by atoms with Crippen molar-refractivity contribution in [3.05, 3.63) is 23.8 Å². The van der Waals surface area contributed by atoms with Crippen LogP contribution < -0.4 is 16.8 Å². The minimum Gasteiger partial charge on any atom is -0.397 e. The SMILES string of the molecule is CC[C@H](C)Nc1ccc(C(N)=O)cc1N. The molecule has 0 radical (unpaired) electrons. The zero-order valence-corrected chi connectivity index (χ0v) is 9.08. The number of hydrogen-bond donors (Lipinski definition) is 3. The van der Waals surface area contributed by atoms with Crippen LogP contribution in [0.1, 0.15) is 30.6 Å². The first kappa shape index (κ1) is 11.4. The fraction of sp³-hybridized carbons (Fsp3) is 0.364. The summed E-state index contributed by atoms with van der Waals surface area (Å²) in [5.41, 5.74) is 12.8. The Balaban J connectivity index is 2.88. The molecule has 0 bridgehead atoms. The molecule has 1 aromatic carbocycles. The van der Waals surface area contributed by atoms with Gasteiger partial charge in [-0.2, -0.15) is 0 Å². The quantitative estimate of drug-likeness (QED) is 0.655. The first-order chi connectivity index (χ1) is 7.04. The zero-order chi connectivity index (χ0) is 11.4. The highest BCUT2D eigenvalue weighted by atomic mass is 16.1. The Labute approximate surface area is 89.6 Å². The summed E-state index contributed by atoms with van der Waals surface area (Å²) in [6.45, 7) is 4.16. The molecule has 82 valence electrons. The molecule has 0 unspecified atom stereocenters. The van der Waals surface area contributed by atoms with E-state index in [0.717, 1.165) is 12.1 Å². The van der Waals surface area contributed by atoms with Gasteiger partial charge in [0.05, 0.1) is 11.4 Å². The fourth-order valence-electron chi connectivity index (χ4n) is 1.21. The maximum atomic E-state index is 10.9. The lowest BCUT2D eigenvalue weighted by molar-refractivity contribution is 0.100. The smallest absolute Gasteiger partial charge is 0.248 e. The summed E-state index contributed by atoms with van der Waals surface area (Å²) in [5, 5.41) is 3.25. The number of rotatable bonds is 4. The molecule has 0 heterocycles. The van der Waals surface area contributed by atoms with Gasteiger partial charge >= 0.3 is 0 Å². The number of hydrogen-bond acceptors (Lipinski definition) is 3. The van der Waals surface area contributed by atoms with Crippen LogP contribution in [0.25, 0.3) is 0 Å². The molecule has 0 fully saturated rings. The molecule has 0 spiro atoms. The van der Waals surface area contributed by atoms with Gasteiger partial charge in [0.25, 0.3) is 0 Å². The minimum absolute atomic E-state index is 0.353. The highest BCUT2D eigenvalue weighted by molar-refractivity contribution is 5.94. The molecular formula is C11H17N3O. The zero-order valence-electron chi connectivity index (χ0n) is 9.08. The van der Waals surface area contributed by atoms with E-state index in [-0.39, 0.29) is 0 Å². The molecule has 4 nitrogen and oxygen atoms in total. The number of nitrogens with two attached hydrogens (primary N) is 2. The van der Waals surface area contributed by atoms with Crippen LogP contribution in [0.4, 0.5) is 11.4 Å². The van der Waals surface area contributed by atoms with Gasteiger partial charge < -0.3 is 16.8 Å². The summed E-state index contributed by atoms with van der Waals surface area (Å²) in [6, 6.07) is 5.39. The molecular weight excluding hydrogens is 190 g/mol. The summed E-state index contributed by atoms with van der Waals surface area (Å²) < 4.78 is 0. The van der Waals surface area contributed by atoms with Crippen molar-refractivity contribution in [2.24, 2.45) is 5.73 Å². The molecule has 0 aliphatic carbocycles. The molecule has 1 aromatic rings. The number of anilines is 2. The lowest BCUT2D eigenvalue weighted by atomic mass is 10.1. The molecule has 0 aromatic heterocycles. The molecule has 0 saturated carbocycles. The summed E-state index contributed by atoms with van der Waals surface area (Å²) in [6.07, 6.45) is 1.01. The molecule has 4 heteroatoms. The highest BCUT2D eigenvalue weighted by Gasteiger charge is 2.06. The summed E-state index contributed by atoms with van der Waals surface area (Å²) in [4.78, 5) is 10.9. The molecule has 5 N–H and O–H groups in total. The second-order valence-electron chi connectivity index (χ2n) is 3.62. The number of primary amides is 1. The van der Waals surface area contributed by atoms with Crippen LogP contribution in [0.3, 0.4) is 0 Å². The first-order valence-electron chi connectivity index (χ1n) is 5.00. The third-order valence-corrected chi connectivity index (χ3v) is 2.35. The van der Waals surface area contributed by atoms with E-state index in [1.54, 1.807) is 18.2 Å². The predicted octanol–water partition coefficient (Wildman–Crippen LogP) is 1.58. The van der Waals surface area contributed by atoms with E-state index in [1.165, 1.54) is 0 Å². The number of carbonyl (C=O) groups is 1. The monoisotopic (exact) mass is 207 g/mol. The van der Waals surface area contributed by atoms with E-state index in [9.17, 15) is 4.79 Å². The van der Waals surface area contributed by atoms with Gasteiger partial charge in [0, 0.05) is 11.6 Å². The van der Waals surface area contributed by atoms with Crippen molar-refractivity contribution in [1.29, 1.82) is 0 Å². The summed E-state index contributed by atoms with van der Waals surface area (Å²) >= 11 is 0. The fourth-order valence-corrected chi connectivity index (χ4v) is 1.21. The van der Waals surface area contributed by atoms with Crippen LogP contribution in [-0.2, 0) is 0 Å². The van der Waals surface area contributed by atoms with E-state index >= 15 is 0 Å². The van der Waals surface area contributed by atoms with Gasteiger partial charge in [-0.15, -0.1) is 0 Å². The molecule has 1 rings (SSSR count). The van der Waals surface area contributed by atoms with Gasteiger partial charge in [0.15, 0.2) is 0 Å². The average molecular weight is 207 g/mol. The highest BCUT2D eigenvalue weighted by Crippen LogP contribution is 2.20. The van der Waals surface area contributed by atoms with Crippen molar-refractivity contribution in [3.63, 3.8) is 0 Å². The van der Waals surface area contributed by atoms with Gasteiger partial charge in [0.2, 0.25) is 5.91 Å². The lowest BCUT2D eigenvalue weighted by Crippen LogP contribution is -2.16. The van der Waals surface area contributed by atoms with Crippen molar-refractivity contribution in [2.75, 3.05) is 11.1 Å². The number of nitrogens with one attached hydrogen (secondary N) is 1. The standard InChI is InChI=1S/C11H17N3O/c1-3-7(2)14-10-5-4-8(11(13)15)6-9(10)12/h4-7,14H,3,12H2,1-2H3,(H2,13,15)/t7-/m0/s1. The second kappa shape index (κ2) is 4.68. The Morgan fingerprint density at radius 3 is 2.67 bits per heavy atom. The third-order valence-electron chi connectivity index (χ3n) is 2.35. The molecule has 15 heavy (non-hydrogen) atoms. The van der Waals surface area contributed by atoms with Crippen LogP contribution >= 0.6 is 0 Å². The van der Waals surface area contributed by atoms with E-state index < -0.39 is 5.91 Å². The van der Waals surface area contributed by atoms with Crippen molar-refractivity contribution >= 4 is 17.3 Å². The normalized spacial score (nSPS) is 12.1. The van der Waals surface area contributed by atoms with Crippen LogP contribution in [0, 0.1) is 0 Å². The van der Waals surface area contributed by atoms with Crippen molar-refractivity contribution < 1.29 is 4.79 Å². The van der Waals surface area contributed by atoms with E-state index in [0.29, 0.717) is 17.3 Å². The topological polar surface area (TPSA) is 81.1 Å². The number of carbonyl (C=O) groups excluding carboxylic acids is 1. The van der Waals surface area contributed by atoms with E-state index in [4.69, 9.17) is 11.5 Å². The largest absolute Gasteiger partial charge is 0.397 e. The molecule has 1 amide bonds. The Morgan fingerprint density at radius 1 is 1.53 bits per heavy atom. The van der Waals surface area contributed by atoms with Crippen molar-refractivity contribution in [2.45, 2.75) is 26.3 Å². The van der Waals surface area contributed by atoms with Gasteiger partial charge in [-0.3, -0.25) is 4.79 Å². The van der Waals surface area contributed by atoms with Crippen LogP contribution in [0.2, 0.25) is 0 Å². The molecule has 0 saturated heterocycles. The van der Waals surface area contributed by atoms with Crippen molar-refractivity contribution in [3.8, 4) is 0 Å². The van der Waals surface area contributed by atoms with Gasteiger partial charge in [-0.1, -0.05) is 6.92 Å². The Bertz CT molecular complexity index is 363. The van der Waals surface area contributed by atoms with E-state index in [1.807, 2.05) is 0 Å². The van der Waals surface area contributed by atoms with Gasteiger partial charge in [-0.25, -0.2) is 0 Å². The summed E-state index contributed by atoms with van der Waals surface area (Å²) in [7, 11) is 0. The van der Waals surface area contributed by atoms with Crippen LogP contribution in [-0.4, -0.2) is 11.9 Å². The number of nitrogen functional groups attached to an aromatic ring is 1. The van der Waals surface area contributed by atoms with E-state index in [2.05, 4.69) is 19.2 Å². The molecule has 0 aliphatic rings. The molecule has 1 atom stereocenters. The van der Waals surface area contributed by atoms with Crippen LogP contribution in [0.5, 0.6) is 0 Å². The maximum absolute atomic E-state index is 10.9. The third kappa shape index (κ3) is 2.87. The Hall–Kier alpha value is -1.71. The lowest BCUT2D eigenvalue weighted by Gasteiger charge is -2.15.